The molecule has 0 N–H and O–H groups in total. The minimum absolute atomic E-state index is 0.0682. The van der Waals surface area contributed by atoms with Crippen LogP contribution in [0.15, 0.2) is 235 Å². The molecule has 2 heterocycles. The van der Waals surface area contributed by atoms with Gasteiger partial charge in [-0.05, 0) is 129 Å². The summed E-state index contributed by atoms with van der Waals surface area (Å²) in [6, 6.07) is 83.8. The molecule has 1 aliphatic carbocycles. The highest BCUT2D eigenvalue weighted by atomic mass is 16.3. The molecular weight excluding hydrogens is 801 g/mol. The number of furan rings is 1. The second-order valence-electron chi connectivity index (χ2n) is 18.1. The Hall–Kier alpha value is -8.40. The molecule has 0 unspecified atom stereocenters. The summed E-state index contributed by atoms with van der Waals surface area (Å²) in [6.45, 7) is 4.69. The van der Waals surface area contributed by atoms with E-state index in [2.05, 4.69) is 254 Å². The van der Waals surface area contributed by atoms with Crippen molar-refractivity contribution >= 4 is 60.8 Å². The first-order valence-corrected chi connectivity index (χ1v) is 22.8. The van der Waals surface area contributed by atoms with Gasteiger partial charge in [0.15, 0.2) is 0 Å². The number of benzene rings is 10. The average Bonchev–Trinajstić information content (AvgIpc) is 4.00. The van der Waals surface area contributed by atoms with E-state index >= 15 is 0 Å². The maximum atomic E-state index is 6.72. The van der Waals surface area contributed by atoms with E-state index < -0.39 is 0 Å². The van der Waals surface area contributed by atoms with E-state index in [9.17, 15) is 0 Å². The van der Waals surface area contributed by atoms with Crippen molar-refractivity contribution in [2.45, 2.75) is 19.3 Å². The molecule has 312 valence electrons. The zero-order valence-corrected chi connectivity index (χ0v) is 36.7. The van der Waals surface area contributed by atoms with Crippen molar-refractivity contribution in [1.82, 2.24) is 4.57 Å². The van der Waals surface area contributed by atoms with Gasteiger partial charge in [-0.15, -0.1) is 0 Å². The third-order valence-electron chi connectivity index (χ3n) is 14.0. The van der Waals surface area contributed by atoms with Gasteiger partial charge < -0.3 is 13.9 Å². The number of rotatable bonds is 7. The van der Waals surface area contributed by atoms with E-state index in [0.29, 0.717) is 0 Å². The summed E-state index contributed by atoms with van der Waals surface area (Å²) < 4.78 is 9.09. The van der Waals surface area contributed by atoms with Crippen molar-refractivity contribution in [1.29, 1.82) is 0 Å². The monoisotopic (exact) mass is 844 g/mol. The molecule has 1 aliphatic rings. The van der Waals surface area contributed by atoms with Crippen LogP contribution < -0.4 is 4.90 Å². The lowest BCUT2D eigenvalue weighted by Crippen LogP contribution is -2.14. The summed E-state index contributed by atoms with van der Waals surface area (Å²) in [5.74, 6) is 0. The summed E-state index contributed by atoms with van der Waals surface area (Å²) in [5, 5.41) is 4.61. The second kappa shape index (κ2) is 14.8. The molecule has 0 amide bonds. The van der Waals surface area contributed by atoms with E-state index in [1.165, 1.54) is 55.2 Å². The Morgan fingerprint density at radius 1 is 0.379 bits per heavy atom. The van der Waals surface area contributed by atoms with Gasteiger partial charge in [0.25, 0.3) is 0 Å². The van der Waals surface area contributed by atoms with Gasteiger partial charge in [0.05, 0.1) is 27.8 Å². The molecule has 3 heteroatoms. The molecule has 66 heavy (non-hydrogen) atoms. The van der Waals surface area contributed by atoms with Crippen LogP contribution in [0.3, 0.4) is 0 Å². The van der Waals surface area contributed by atoms with Gasteiger partial charge in [0, 0.05) is 38.5 Å². The Kier molecular flexibility index (Phi) is 8.56. The van der Waals surface area contributed by atoms with Crippen LogP contribution in [0.1, 0.15) is 25.0 Å². The molecule has 3 nitrogen and oxygen atoms in total. The average molecular weight is 845 g/mol. The van der Waals surface area contributed by atoms with Crippen LogP contribution in [0.5, 0.6) is 0 Å². The molecule has 0 saturated carbocycles. The lowest BCUT2D eigenvalue weighted by molar-refractivity contribution is 0.660. The van der Waals surface area contributed by atoms with Crippen molar-refractivity contribution < 1.29 is 4.42 Å². The third kappa shape index (κ3) is 5.90. The number of hydrogen-bond donors (Lipinski definition) is 0. The van der Waals surface area contributed by atoms with E-state index in [1.54, 1.807) is 0 Å². The zero-order valence-electron chi connectivity index (χ0n) is 36.7. The number of anilines is 3. The summed E-state index contributed by atoms with van der Waals surface area (Å²) >= 11 is 0. The Morgan fingerprint density at radius 3 is 1.82 bits per heavy atom. The SMILES string of the molecule is CC1(C)c2ccccc2-c2ccc(-c3ccc(N(c4ccccc4-c4ccccc4)c4cccc5oc6ccc(-c7ccc8c(c7)c7ccccc7n8-c7ccccc7)cc6c45)cc3)cc21. The highest BCUT2D eigenvalue weighted by Gasteiger charge is 2.35. The van der Waals surface area contributed by atoms with Crippen molar-refractivity contribution in [2.75, 3.05) is 4.90 Å². The molecule has 0 atom stereocenters. The summed E-state index contributed by atoms with van der Waals surface area (Å²) in [7, 11) is 0. The Balaban J connectivity index is 0.966. The number of nitrogens with zero attached hydrogens (tertiary/aromatic N) is 2. The largest absolute Gasteiger partial charge is 0.456 e. The van der Waals surface area contributed by atoms with Crippen molar-refractivity contribution in [2.24, 2.45) is 0 Å². The molecule has 13 rings (SSSR count). The van der Waals surface area contributed by atoms with Gasteiger partial charge in [-0.25, -0.2) is 0 Å². The van der Waals surface area contributed by atoms with Crippen LogP contribution in [-0.4, -0.2) is 4.57 Å². The molecule has 0 saturated heterocycles. The lowest BCUT2D eigenvalue weighted by atomic mass is 9.81. The van der Waals surface area contributed by atoms with E-state index in [4.69, 9.17) is 4.42 Å². The predicted octanol–water partition coefficient (Wildman–Crippen LogP) is 17.5. The highest BCUT2D eigenvalue weighted by Crippen LogP contribution is 2.51. The van der Waals surface area contributed by atoms with Crippen molar-refractivity contribution in [3.05, 3.63) is 242 Å². The third-order valence-corrected chi connectivity index (χ3v) is 14.0. The fourth-order valence-corrected chi connectivity index (χ4v) is 10.8. The summed E-state index contributed by atoms with van der Waals surface area (Å²) in [6.07, 6.45) is 0. The predicted molar refractivity (Wildman–Crippen MR) is 277 cm³/mol. The van der Waals surface area contributed by atoms with Gasteiger partial charge in [-0.2, -0.15) is 0 Å². The smallest absolute Gasteiger partial charge is 0.137 e. The van der Waals surface area contributed by atoms with Crippen LogP contribution >= 0.6 is 0 Å². The molecule has 0 aliphatic heterocycles. The quantitative estimate of drug-likeness (QED) is 0.159. The molecule has 2 aromatic heterocycles. The van der Waals surface area contributed by atoms with E-state index in [1.807, 2.05) is 0 Å². The zero-order chi connectivity index (χ0) is 43.9. The fraction of sp³-hybridized carbons (Fsp3) is 0.0476. The number of fused-ring (bicyclic) bond motifs is 9. The minimum atomic E-state index is -0.0682. The Labute approximate surface area is 384 Å². The van der Waals surface area contributed by atoms with Crippen LogP contribution in [-0.2, 0) is 5.41 Å². The Morgan fingerprint density at radius 2 is 0.985 bits per heavy atom. The Bertz CT molecular complexity index is 3840. The lowest BCUT2D eigenvalue weighted by Gasteiger charge is -2.28. The molecular formula is C63H44N2O. The van der Waals surface area contributed by atoms with Gasteiger partial charge >= 0.3 is 0 Å². The van der Waals surface area contributed by atoms with Crippen LogP contribution in [0, 0.1) is 0 Å². The minimum Gasteiger partial charge on any atom is -0.456 e. The highest BCUT2D eigenvalue weighted by molar-refractivity contribution is 6.15. The van der Waals surface area contributed by atoms with Gasteiger partial charge in [-0.1, -0.05) is 166 Å². The maximum absolute atomic E-state index is 6.72. The molecule has 0 fully saturated rings. The molecule has 0 bridgehead atoms. The van der Waals surface area contributed by atoms with E-state index in [0.717, 1.165) is 66.9 Å². The molecule has 0 radical (unpaired) electrons. The first-order chi connectivity index (χ1) is 32.5. The van der Waals surface area contributed by atoms with Crippen molar-refractivity contribution in [3.63, 3.8) is 0 Å². The number of aromatic nitrogens is 1. The van der Waals surface area contributed by atoms with Crippen LogP contribution in [0.2, 0.25) is 0 Å². The topological polar surface area (TPSA) is 21.3 Å². The molecule has 12 aromatic rings. The van der Waals surface area contributed by atoms with E-state index in [-0.39, 0.29) is 5.41 Å². The molecule has 0 spiro atoms. The van der Waals surface area contributed by atoms with Crippen LogP contribution in [0.25, 0.3) is 93.9 Å². The second-order valence-corrected chi connectivity index (χ2v) is 18.1. The molecule has 10 aromatic carbocycles. The number of para-hydroxylation sites is 3. The first kappa shape index (κ1) is 38.1. The summed E-state index contributed by atoms with van der Waals surface area (Å²) in [5.41, 5.74) is 20.8. The number of hydrogen-bond acceptors (Lipinski definition) is 2. The van der Waals surface area contributed by atoms with Gasteiger partial charge in [0.2, 0.25) is 0 Å². The standard InChI is InChI=1S/C63H44N2O/c1-63(2)54-23-12-9-21-49(54)50-35-30-45(40-55(50)63)41-28-33-47(34-29-41)65(56-24-13-10-20-48(56)42-16-5-3-6-17-42)59-26-15-27-61-62(59)53-39-44(32-37-60(53)66-61)43-31-36-58-52(38-43)51-22-11-14-25-57(51)64(58)46-18-7-4-8-19-46/h3-40H,1-2H3. The van der Waals surface area contributed by atoms with Crippen molar-refractivity contribution in [3.8, 4) is 50.2 Å². The fourth-order valence-electron chi connectivity index (χ4n) is 10.8. The van der Waals surface area contributed by atoms with Crippen LogP contribution in [0.4, 0.5) is 17.1 Å². The normalized spacial score (nSPS) is 12.8. The first-order valence-electron chi connectivity index (χ1n) is 22.8. The maximum Gasteiger partial charge on any atom is 0.137 e. The summed E-state index contributed by atoms with van der Waals surface area (Å²) in [4.78, 5) is 2.42. The van der Waals surface area contributed by atoms with Gasteiger partial charge in [0.1, 0.15) is 11.2 Å². The van der Waals surface area contributed by atoms with Gasteiger partial charge in [-0.3, -0.25) is 0 Å².